The third-order valence-corrected chi connectivity index (χ3v) is 4.36. The number of nitrogens with one attached hydrogen (secondary N) is 1. The molecule has 0 bridgehead atoms. The van der Waals surface area contributed by atoms with Gasteiger partial charge in [0.15, 0.2) is 0 Å². The van der Waals surface area contributed by atoms with Crippen LogP contribution in [0, 0.1) is 11.8 Å². The number of rotatable bonds is 3. The Bertz CT molecular complexity index is 263. The van der Waals surface area contributed by atoms with Crippen molar-refractivity contribution in [1.29, 1.82) is 0 Å². The number of nitrogens with two attached hydrogens (primary N) is 1. The molecule has 2 heterocycles. The van der Waals surface area contributed by atoms with Crippen LogP contribution >= 0.6 is 0 Å². The van der Waals surface area contributed by atoms with E-state index in [9.17, 15) is 4.79 Å². The minimum atomic E-state index is -0.633. The van der Waals surface area contributed by atoms with Crippen molar-refractivity contribution in [3.63, 3.8) is 0 Å². The fraction of sp³-hybridized carbons (Fsp3) is 0.917. The Kier molecular flexibility index (Phi) is 3.22. The lowest BCUT2D eigenvalue weighted by molar-refractivity contribution is -0.136. The van der Waals surface area contributed by atoms with Crippen molar-refractivity contribution >= 4 is 5.91 Å². The molecule has 2 rings (SSSR count). The maximum atomic E-state index is 12.3. The van der Waals surface area contributed by atoms with E-state index in [-0.39, 0.29) is 5.91 Å². The standard InChI is InChI=1S/C12H23N3O/c1-3-12(13,4-2)11(16)15-7-9-5-14-6-10(9)8-15/h9-10,14H,3-8,13H2,1-2H3. The Morgan fingerprint density at radius 3 is 2.25 bits per heavy atom. The normalized spacial score (nSPS) is 29.6. The SMILES string of the molecule is CCC(N)(CC)C(=O)N1CC2CNCC2C1. The number of hydrogen-bond acceptors (Lipinski definition) is 3. The zero-order chi connectivity index (χ0) is 11.8. The molecule has 0 radical (unpaired) electrons. The highest BCUT2D eigenvalue weighted by Crippen LogP contribution is 2.28. The van der Waals surface area contributed by atoms with E-state index >= 15 is 0 Å². The van der Waals surface area contributed by atoms with Crippen LogP contribution in [-0.2, 0) is 4.79 Å². The first-order valence-electron chi connectivity index (χ1n) is 6.39. The van der Waals surface area contributed by atoms with Gasteiger partial charge in [0.25, 0.3) is 0 Å². The van der Waals surface area contributed by atoms with E-state index in [4.69, 9.17) is 5.73 Å². The summed E-state index contributed by atoms with van der Waals surface area (Å²) in [4.78, 5) is 14.3. The molecular weight excluding hydrogens is 202 g/mol. The minimum Gasteiger partial charge on any atom is -0.340 e. The fourth-order valence-electron chi connectivity index (χ4n) is 2.89. The molecule has 0 saturated carbocycles. The molecule has 3 N–H and O–H groups in total. The number of hydrogen-bond donors (Lipinski definition) is 2. The van der Waals surface area contributed by atoms with E-state index in [2.05, 4.69) is 5.32 Å². The summed E-state index contributed by atoms with van der Waals surface area (Å²) >= 11 is 0. The van der Waals surface area contributed by atoms with Crippen LogP contribution in [0.15, 0.2) is 0 Å². The van der Waals surface area contributed by atoms with Crippen LogP contribution in [-0.4, -0.2) is 42.5 Å². The summed E-state index contributed by atoms with van der Waals surface area (Å²) in [5, 5.41) is 3.38. The molecule has 0 aliphatic carbocycles. The predicted octanol–water partition coefficient (Wildman–Crippen LogP) is 0.182. The third-order valence-electron chi connectivity index (χ3n) is 4.36. The monoisotopic (exact) mass is 225 g/mol. The Hall–Kier alpha value is -0.610. The molecule has 2 saturated heterocycles. The Morgan fingerprint density at radius 1 is 1.31 bits per heavy atom. The van der Waals surface area contributed by atoms with Crippen molar-refractivity contribution in [2.75, 3.05) is 26.2 Å². The largest absolute Gasteiger partial charge is 0.340 e. The first-order valence-corrected chi connectivity index (χ1v) is 6.39. The summed E-state index contributed by atoms with van der Waals surface area (Å²) in [6, 6.07) is 0. The molecule has 2 aliphatic heterocycles. The maximum absolute atomic E-state index is 12.3. The van der Waals surface area contributed by atoms with Crippen LogP contribution in [0.25, 0.3) is 0 Å². The van der Waals surface area contributed by atoms with E-state index in [0.29, 0.717) is 11.8 Å². The van der Waals surface area contributed by atoms with Gasteiger partial charge in [0.2, 0.25) is 5.91 Å². The number of carbonyl (C=O) groups excluding carboxylic acids is 1. The van der Waals surface area contributed by atoms with E-state index in [1.807, 2.05) is 18.7 Å². The fourth-order valence-corrected chi connectivity index (χ4v) is 2.89. The summed E-state index contributed by atoms with van der Waals surface area (Å²) in [6.07, 6.45) is 1.46. The van der Waals surface area contributed by atoms with Crippen molar-refractivity contribution in [3.05, 3.63) is 0 Å². The van der Waals surface area contributed by atoms with Crippen molar-refractivity contribution < 1.29 is 4.79 Å². The van der Waals surface area contributed by atoms with Crippen LogP contribution in [0.3, 0.4) is 0 Å². The minimum absolute atomic E-state index is 0.159. The number of carbonyl (C=O) groups is 1. The average molecular weight is 225 g/mol. The highest BCUT2D eigenvalue weighted by molar-refractivity contribution is 5.86. The van der Waals surface area contributed by atoms with Gasteiger partial charge in [0.1, 0.15) is 0 Å². The quantitative estimate of drug-likeness (QED) is 0.720. The topological polar surface area (TPSA) is 58.4 Å². The second kappa shape index (κ2) is 4.34. The van der Waals surface area contributed by atoms with Gasteiger partial charge in [-0.2, -0.15) is 0 Å². The molecule has 0 aromatic carbocycles. The summed E-state index contributed by atoms with van der Waals surface area (Å²) in [5.74, 6) is 1.47. The zero-order valence-corrected chi connectivity index (χ0v) is 10.3. The van der Waals surface area contributed by atoms with Crippen LogP contribution in [0.4, 0.5) is 0 Å². The van der Waals surface area contributed by atoms with Crippen molar-refractivity contribution in [3.8, 4) is 0 Å². The lowest BCUT2D eigenvalue weighted by atomic mass is 9.92. The molecule has 2 atom stereocenters. The Morgan fingerprint density at radius 2 is 1.81 bits per heavy atom. The van der Waals surface area contributed by atoms with Gasteiger partial charge < -0.3 is 16.0 Å². The van der Waals surface area contributed by atoms with Crippen molar-refractivity contribution in [1.82, 2.24) is 10.2 Å². The molecule has 2 unspecified atom stereocenters. The number of amides is 1. The van der Waals surface area contributed by atoms with Crippen LogP contribution in [0.2, 0.25) is 0 Å². The first kappa shape index (κ1) is 11.9. The van der Waals surface area contributed by atoms with Crippen molar-refractivity contribution in [2.45, 2.75) is 32.2 Å². The Labute approximate surface area is 97.6 Å². The van der Waals surface area contributed by atoms with Gasteiger partial charge in [-0.25, -0.2) is 0 Å². The smallest absolute Gasteiger partial charge is 0.242 e. The molecule has 1 amide bonds. The van der Waals surface area contributed by atoms with Crippen molar-refractivity contribution in [2.24, 2.45) is 17.6 Å². The summed E-state index contributed by atoms with van der Waals surface area (Å²) in [7, 11) is 0. The second-order valence-corrected chi connectivity index (χ2v) is 5.25. The molecule has 4 nitrogen and oxygen atoms in total. The van der Waals surface area contributed by atoms with Crippen LogP contribution in [0.1, 0.15) is 26.7 Å². The molecule has 0 spiro atoms. The van der Waals surface area contributed by atoms with Gasteiger partial charge in [-0.15, -0.1) is 0 Å². The van der Waals surface area contributed by atoms with E-state index < -0.39 is 5.54 Å². The van der Waals surface area contributed by atoms with Gasteiger partial charge >= 0.3 is 0 Å². The second-order valence-electron chi connectivity index (χ2n) is 5.25. The highest BCUT2D eigenvalue weighted by Gasteiger charge is 2.42. The molecular formula is C12H23N3O. The number of nitrogens with zero attached hydrogens (tertiary/aromatic N) is 1. The zero-order valence-electron chi connectivity index (χ0n) is 10.3. The molecule has 2 aliphatic rings. The summed E-state index contributed by atoms with van der Waals surface area (Å²) in [5.41, 5.74) is 5.53. The number of likely N-dealkylation sites (tertiary alicyclic amines) is 1. The van der Waals surface area contributed by atoms with Gasteiger partial charge in [-0.3, -0.25) is 4.79 Å². The lowest BCUT2D eigenvalue weighted by Gasteiger charge is -2.31. The molecule has 2 fully saturated rings. The van der Waals surface area contributed by atoms with E-state index in [0.717, 1.165) is 39.0 Å². The van der Waals surface area contributed by atoms with Crippen LogP contribution < -0.4 is 11.1 Å². The lowest BCUT2D eigenvalue weighted by Crippen LogP contribution is -2.54. The Balaban J connectivity index is 2.01. The first-order chi connectivity index (χ1) is 7.60. The van der Waals surface area contributed by atoms with Gasteiger partial charge in [0, 0.05) is 26.2 Å². The van der Waals surface area contributed by atoms with Gasteiger partial charge in [-0.05, 0) is 24.7 Å². The molecule has 0 aromatic rings. The average Bonchev–Trinajstić information content (AvgIpc) is 2.87. The molecule has 16 heavy (non-hydrogen) atoms. The predicted molar refractivity (Wildman–Crippen MR) is 63.9 cm³/mol. The van der Waals surface area contributed by atoms with Gasteiger partial charge in [0.05, 0.1) is 5.54 Å². The number of fused-ring (bicyclic) bond motifs is 1. The van der Waals surface area contributed by atoms with Gasteiger partial charge in [-0.1, -0.05) is 13.8 Å². The maximum Gasteiger partial charge on any atom is 0.242 e. The van der Waals surface area contributed by atoms with E-state index in [1.54, 1.807) is 0 Å². The molecule has 4 heteroatoms. The molecule has 92 valence electrons. The summed E-state index contributed by atoms with van der Waals surface area (Å²) in [6.45, 7) is 7.92. The highest BCUT2D eigenvalue weighted by atomic mass is 16.2. The van der Waals surface area contributed by atoms with Crippen LogP contribution in [0.5, 0.6) is 0 Å². The molecule has 0 aromatic heterocycles. The third kappa shape index (κ3) is 1.84. The summed E-state index contributed by atoms with van der Waals surface area (Å²) < 4.78 is 0. The van der Waals surface area contributed by atoms with E-state index in [1.165, 1.54) is 0 Å².